The molecule has 0 aliphatic carbocycles. The highest BCUT2D eigenvalue weighted by Crippen LogP contribution is 2.14. The number of hydrogen-bond acceptors (Lipinski definition) is 5. The Bertz CT molecular complexity index is 774. The number of carbonyl (C=O) groups is 1. The molecule has 150 valence electrons. The Balaban J connectivity index is 1.37. The van der Waals surface area contributed by atoms with E-state index in [1.165, 1.54) is 0 Å². The minimum absolute atomic E-state index is 0.146. The summed E-state index contributed by atoms with van der Waals surface area (Å²) >= 11 is 3.39. The minimum Gasteiger partial charge on any atom is -0.491 e. The second-order valence-corrected chi connectivity index (χ2v) is 8.20. The van der Waals surface area contributed by atoms with Crippen LogP contribution < -0.4 is 4.74 Å². The van der Waals surface area contributed by atoms with Gasteiger partial charge < -0.3 is 9.84 Å². The lowest BCUT2D eigenvalue weighted by Gasteiger charge is -2.35. The second kappa shape index (κ2) is 10.2. The molecule has 6 heteroatoms. The van der Waals surface area contributed by atoms with Crippen molar-refractivity contribution in [3.05, 3.63) is 64.1 Å². The van der Waals surface area contributed by atoms with E-state index in [1.807, 2.05) is 55.5 Å². The highest BCUT2D eigenvalue weighted by atomic mass is 79.9. The Morgan fingerprint density at radius 1 is 1.11 bits per heavy atom. The van der Waals surface area contributed by atoms with E-state index in [9.17, 15) is 9.90 Å². The van der Waals surface area contributed by atoms with Crippen molar-refractivity contribution in [2.75, 3.05) is 45.9 Å². The lowest BCUT2D eigenvalue weighted by Crippen LogP contribution is -2.50. The van der Waals surface area contributed by atoms with E-state index in [0.717, 1.165) is 47.5 Å². The highest BCUT2D eigenvalue weighted by Gasteiger charge is 2.21. The molecule has 1 aliphatic heterocycles. The van der Waals surface area contributed by atoms with Gasteiger partial charge in [0.25, 0.3) is 0 Å². The molecule has 1 atom stereocenters. The van der Waals surface area contributed by atoms with Crippen molar-refractivity contribution in [2.45, 2.75) is 13.0 Å². The summed E-state index contributed by atoms with van der Waals surface area (Å²) in [4.78, 5) is 16.8. The Labute approximate surface area is 175 Å². The molecule has 5 nitrogen and oxygen atoms in total. The minimum atomic E-state index is -0.531. The smallest absolute Gasteiger partial charge is 0.176 e. The van der Waals surface area contributed by atoms with Crippen LogP contribution in [0.25, 0.3) is 0 Å². The van der Waals surface area contributed by atoms with Gasteiger partial charge in [-0.15, -0.1) is 0 Å². The number of rotatable bonds is 8. The van der Waals surface area contributed by atoms with Gasteiger partial charge in [-0.25, -0.2) is 0 Å². The van der Waals surface area contributed by atoms with Gasteiger partial charge in [0.1, 0.15) is 18.5 Å². The number of ketones is 1. The topological polar surface area (TPSA) is 53.0 Å². The number of aryl methyl sites for hydroxylation is 1. The van der Waals surface area contributed by atoms with Gasteiger partial charge in [0.15, 0.2) is 5.78 Å². The lowest BCUT2D eigenvalue weighted by molar-refractivity contribution is 0.0451. The number of carbonyl (C=O) groups excluding carboxylic acids is 1. The van der Waals surface area contributed by atoms with E-state index in [1.54, 1.807) is 0 Å². The van der Waals surface area contributed by atoms with Crippen molar-refractivity contribution in [3.8, 4) is 5.75 Å². The lowest BCUT2D eigenvalue weighted by atomic mass is 10.1. The van der Waals surface area contributed by atoms with Gasteiger partial charge in [0.2, 0.25) is 0 Å². The Hall–Kier alpha value is -1.73. The van der Waals surface area contributed by atoms with E-state index in [-0.39, 0.29) is 12.4 Å². The first-order chi connectivity index (χ1) is 13.5. The number of piperazine rings is 1. The van der Waals surface area contributed by atoms with E-state index in [2.05, 4.69) is 25.7 Å². The van der Waals surface area contributed by atoms with Crippen molar-refractivity contribution in [1.29, 1.82) is 0 Å². The first-order valence-electron chi connectivity index (χ1n) is 9.60. The van der Waals surface area contributed by atoms with Gasteiger partial charge in [-0.3, -0.25) is 14.6 Å². The molecule has 1 saturated heterocycles. The average molecular weight is 447 g/mol. The van der Waals surface area contributed by atoms with E-state index < -0.39 is 6.10 Å². The summed E-state index contributed by atoms with van der Waals surface area (Å²) in [6.45, 7) is 6.66. The molecule has 2 aromatic rings. The second-order valence-electron chi connectivity index (χ2n) is 7.29. The van der Waals surface area contributed by atoms with Gasteiger partial charge in [0, 0.05) is 42.8 Å². The normalized spacial score (nSPS) is 16.7. The third-order valence-electron chi connectivity index (χ3n) is 4.90. The molecule has 0 spiro atoms. The van der Waals surface area contributed by atoms with Crippen LogP contribution in [0.4, 0.5) is 0 Å². The molecule has 1 heterocycles. The molecule has 0 amide bonds. The first-order valence-corrected chi connectivity index (χ1v) is 10.4. The number of benzene rings is 2. The number of ether oxygens (including phenoxy) is 1. The van der Waals surface area contributed by atoms with Crippen LogP contribution in [0, 0.1) is 6.92 Å². The van der Waals surface area contributed by atoms with Crippen molar-refractivity contribution in [1.82, 2.24) is 9.80 Å². The molecule has 3 rings (SSSR count). The van der Waals surface area contributed by atoms with Gasteiger partial charge in [-0.1, -0.05) is 40.2 Å². The van der Waals surface area contributed by atoms with Crippen LogP contribution in [0.5, 0.6) is 5.75 Å². The van der Waals surface area contributed by atoms with Crippen molar-refractivity contribution < 1.29 is 14.6 Å². The van der Waals surface area contributed by atoms with Gasteiger partial charge in [-0.05, 0) is 36.8 Å². The number of halogens is 1. The highest BCUT2D eigenvalue weighted by molar-refractivity contribution is 9.10. The SMILES string of the molecule is Cc1cccc(OC[C@@H](O)CN2CCN(CC(=O)c3ccc(Br)cc3)CC2)c1. The molecule has 1 aliphatic rings. The monoisotopic (exact) mass is 446 g/mol. The van der Waals surface area contributed by atoms with E-state index in [4.69, 9.17) is 4.74 Å². The number of hydrogen-bond donors (Lipinski definition) is 1. The van der Waals surface area contributed by atoms with Crippen LogP contribution in [0.1, 0.15) is 15.9 Å². The maximum absolute atomic E-state index is 12.4. The number of Topliss-reactive ketones (excluding diaryl/α,β-unsaturated/α-hetero) is 1. The maximum Gasteiger partial charge on any atom is 0.176 e. The van der Waals surface area contributed by atoms with Crippen LogP contribution in [0.15, 0.2) is 53.0 Å². The summed E-state index contributed by atoms with van der Waals surface area (Å²) in [5, 5.41) is 10.3. The zero-order valence-corrected chi connectivity index (χ0v) is 17.8. The molecular weight excluding hydrogens is 420 g/mol. The zero-order chi connectivity index (χ0) is 19.9. The van der Waals surface area contributed by atoms with Crippen LogP contribution >= 0.6 is 15.9 Å². The Kier molecular flexibility index (Phi) is 7.62. The van der Waals surface area contributed by atoms with Gasteiger partial charge in [-0.2, -0.15) is 0 Å². The molecule has 1 N–H and O–H groups in total. The van der Waals surface area contributed by atoms with Crippen LogP contribution in [-0.2, 0) is 0 Å². The average Bonchev–Trinajstić information content (AvgIpc) is 2.68. The summed E-state index contributed by atoms with van der Waals surface area (Å²) in [7, 11) is 0. The molecule has 0 aromatic heterocycles. The molecule has 0 saturated carbocycles. The molecular formula is C22H27BrN2O3. The number of β-amino-alcohol motifs (C(OH)–C–C–N with tert-alkyl or cyclic N) is 1. The molecule has 0 radical (unpaired) electrons. The number of aliphatic hydroxyl groups is 1. The molecule has 0 bridgehead atoms. The van der Waals surface area contributed by atoms with Crippen molar-refractivity contribution in [2.24, 2.45) is 0 Å². The van der Waals surface area contributed by atoms with Gasteiger partial charge in [0.05, 0.1) is 6.54 Å². The Morgan fingerprint density at radius 3 is 2.46 bits per heavy atom. The quantitative estimate of drug-likeness (QED) is 0.631. The summed E-state index contributed by atoms with van der Waals surface area (Å²) in [5.74, 6) is 0.933. The molecule has 1 fully saturated rings. The maximum atomic E-state index is 12.4. The largest absolute Gasteiger partial charge is 0.491 e. The fourth-order valence-corrected chi connectivity index (χ4v) is 3.57. The van der Waals surface area contributed by atoms with Crippen LogP contribution in [0.3, 0.4) is 0 Å². The summed E-state index contributed by atoms with van der Waals surface area (Å²) < 4.78 is 6.66. The Morgan fingerprint density at radius 2 is 1.79 bits per heavy atom. The summed E-state index contributed by atoms with van der Waals surface area (Å²) in [6, 6.07) is 15.3. The van der Waals surface area contributed by atoms with Crippen molar-refractivity contribution in [3.63, 3.8) is 0 Å². The zero-order valence-electron chi connectivity index (χ0n) is 16.2. The van der Waals surface area contributed by atoms with E-state index in [0.29, 0.717) is 13.1 Å². The summed E-state index contributed by atoms with van der Waals surface area (Å²) in [6.07, 6.45) is -0.531. The fourth-order valence-electron chi connectivity index (χ4n) is 3.31. The van der Waals surface area contributed by atoms with Crippen molar-refractivity contribution >= 4 is 21.7 Å². The number of nitrogens with zero attached hydrogens (tertiary/aromatic N) is 2. The molecule has 2 aromatic carbocycles. The fraction of sp³-hybridized carbons (Fsp3) is 0.409. The number of aliphatic hydroxyl groups excluding tert-OH is 1. The summed E-state index contributed by atoms with van der Waals surface area (Å²) in [5.41, 5.74) is 1.88. The predicted molar refractivity (Wildman–Crippen MR) is 114 cm³/mol. The standard InChI is InChI=1S/C22H27BrN2O3/c1-17-3-2-4-21(13-17)28-16-20(26)14-24-9-11-25(12-10-24)15-22(27)18-5-7-19(23)8-6-18/h2-8,13,20,26H,9-12,14-16H2,1H3/t20-/m0/s1. The predicted octanol–water partition coefficient (Wildman–Crippen LogP) is 3.00. The van der Waals surface area contributed by atoms with E-state index >= 15 is 0 Å². The molecule has 28 heavy (non-hydrogen) atoms. The first kappa shape index (κ1) is 21.0. The van der Waals surface area contributed by atoms with Crippen LogP contribution in [0.2, 0.25) is 0 Å². The van der Waals surface area contributed by atoms with Crippen LogP contribution in [-0.4, -0.2) is 72.7 Å². The van der Waals surface area contributed by atoms with Gasteiger partial charge >= 0.3 is 0 Å². The third-order valence-corrected chi connectivity index (χ3v) is 5.43. The third kappa shape index (κ3) is 6.41. The molecule has 0 unspecified atom stereocenters.